The van der Waals surface area contributed by atoms with Gasteiger partial charge in [-0.1, -0.05) is 0 Å². The number of ether oxygens (including phenoxy) is 2. The first-order valence-electron chi connectivity index (χ1n) is 8.76. The number of benzene rings is 1. The van der Waals surface area contributed by atoms with Crippen LogP contribution in [0.1, 0.15) is 42.5 Å². The lowest BCUT2D eigenvalue weighted by molar-refractivity contribution is -0.137. The van der Waals surface area contributed by atoms with Gasteiger partial charge < -0.3 is 24.8 Å². The minimum Gasteiger partial charge on any atom is -0.481 e. The predicted octanol–water partition coefficient (Wildman–Crippen LogP) is 1.39. The molecule has 0 bridgehead atoms. The Bertz CT molecular complexity index is 705. The Hall–Kier alpha value is -2.77. The Morgan fingerprint density at radius 1 is 1.19 bits per heavy atom. The third-order valence-corrected chi connectivity index (χ3v) is 4.55. The fraction of sp³-hybridized carbons (Fsp3) is 0.500. The molecule has 2 heterocycles. The van der Waals surface area contributed by atoms with Crippen LogP contribution in [-0.2, 0) is 9.59 Å². The third kappa shape index (κ3) is 4.07. The number of hydrogen-bond donors (Lipinski definition) is 2. The largest absolute Gasteiger partial charge is 0.481 e. The molecule has 1 fully saturated rings. The van der Waals surface area contributed by atoms with Gasteiger partial charge in [0.05, 0.1) is 0 Å². The summed E-state index contributed by atoms with van der Waals surface area (Å²) in [5.41, 5.74) is 0.468. The normalized spacial score (nSPS) is 18.0. The van der Waals surface area contributed by atoms with Crippen molar-refractivity contribution in [1.29, 1.82) is 0 Å². The van der Waals surface area contributed by atoms with Crippen molar-refractivity contribution in [3.8, 4) is 11.5 Å². The summed E-state index contributed by atoms with van der Waals surface area (Å²) in [6, 6.07) is 4.52. The highest BCUT2D eigenvalue weighted by molar-refractivity contribution is 5.98. The molecule has 1 aromatic rings. The van der Waals surface area contributed by atoms with Crippen molar-refractivity contribution < 1.29 is 29.0 Å². The zero-order chi connectivity index (χ0) is 18.5. The van der Waals surface area contributed by atoms with Gasteiger partial charge in [0.1, 0.15) is 6.04 Å². The van der Waals surface area contributed by atoms with Gasteiger partial charge in [0, 0.05) is 25.1 Å². The molecule has 3 rings (SSSR count). The molecule has 26 heavy (non-hydrogen) atoms. The number of hydrogen-bond acceptors (Lipinski definition) is 5. The molecule has 8 nitrogen and oxygen atoms in total. The zero-order valence-corrected chi connectivity index (χ0v) is 14.4. The molecule has 140 valence electrons. The number of likely N-dealkylation sites (tertiary alicyclic amines) is 1. The first-order valence-corrected chi connectivity index (χ1v) is 8.76. The smallest absolute Gasteiger partial charge is 0.303 e. The van der Waals surface area contributed by atoms with Crippen molar-refractivity contribution >= 4 is 17.8 Å². The van der Waals surface area contributed by atoms with Crippen molar-refractivity contribution in [3.63, 3.8) is 0 Å². The van der Waals surface area contributed by atoms with Gasteiger partial charge in [0.15, 0.2) is 11.5 Å². The van der Waals surface area contributed by atoms with Gasteiger partial charge in [-0.2, -0.15) is 0 Å². The van der Waals surface area contributed by atoms with Crippen LogP contribution in [0.3, 0.4) is 0 Å². The van der Waals surface area contributed by atoms with Gasteiger partial charge in [0.25, 0.3) is 5.91 Å². The summed E-state index contributed by atoms with van der Waals surface area (Å²) in [6.45, 7) is 1.09. The molecule has 0 spiro atoms. The predicted molar refractivity (Wildman–Crippen MR) is 91.1 cm³/mol. The molecule has 0 saturated carbocycles. The van der Waals surface area contributed by atoms with Crippen molar-refractivity contribution in [2.45, 2.75) is 38.1 Å². The number of carbonyl (C=O) groups excluding carboxylic acids is 2. The Labute approximate surface area is 151 Å². The number of fused-ring (bicyclic) bond motifs is 1. The minimum absolute atomic E-state index is 0.0913. The number of unbranched alkanes of at least 4 members (excludes halogenated alkanes) is 1. The quantitative estimate of drug-likeness (QED) is 0.710. The van der Waals surface area contributed by atoms with E-state index >= 15 is 0 Å². The van der Waals surface area contributed by atoms with E-state index in [0.717, 1.165) is 6.42 Å². The summed E-state index contributed by atoms with van der Waals surface area (Å²) in [7, 11) is 0. The highest BCUT2D eigenvalue weighted by Crippen LogP contribution is 2.33. The lowest BCUT2D eigenvalue weighted by Crippen LogP contribution is -2.46. The second kappa shape index (κ2) is 8.07. The van der Waals surface area contributed by atoms with Crippen LogP contribution in [0.15, 0.2) is 18.2 Å². The zero-order valence-electron chi connectivity index (χ0n) is 14.4. The Kier molecular flexibility index (Phi) is 5.60. The SMILES string of the molecule is O=C(O)CCCCNC(=O)C1CCCN1C(=O)c1ccc2c(c1)OCO2. The van der Waals surface area contributed by atoms with Crippen LogP contribution in [0.2, 0.25) is 0 Å². The van der Waals surface area contributed by atoms with E-state index in [1.165, 1.54) is 0 Å². The molecule has 0 aliphatic carbocycles. The average molecular weight is 362 g/mol. The molecule has 8 heteroatoms. The summed E-state index contributed by atoms with van der Waals surface area (Å²) >= 11 is 0. The second-order valence-corrected chi connectivity index (χ2v) is 6.37. The standard InChI is InChI=1S/C18H22N2O6/c21-16(22)5-1-2-8-19-17(23)13-4-3-9-20(13)18(24)12-6-7-14-15(10-12)26-11-25-14/h6-7,10,13H,1-5,8-9,11H2,(H,19,23)(H,21,22). The van der Waals surface area contributed by atoms with E-state index in [0.29, 0.717) is 49.4 Å². The van der Waals surface area contributed by atoms with Crippen molar-refractivity contribution in [2.24, 2.45) is 0 Å². The van der Waals surface area contributed by atoms with Gasteiger partial charge >= 0.3 is 5.97 Å². The number of carbonyl (C=O) groups is 3. The van der Waals surface area contributed by atoms with Gasteiger partial charge in [-0.25, -0.2) is 0 Å². The van der Waals surface area contributed by atoms with E-state index in [2.05, 4.69) is 5.32 Å². The molecule has 2 N–H and O–H groups in total. The highest BCUT2D eigenvalue weighted by Gasteiger charge is 2.34. The van der Waals surface area contributed by atoms with Gasteiger partial charge in [0.2, 0.25) is 12.7 Å². The molecule has 2 aliphatic rings. The molecule has 0 radical (unpaired) electrons. The van der Waals surface area contributed by atoms with Crippen molar-refractivity contribution in [3.05, 3.63) is 23.8 Å². The minimum atomic E-state index is -0.840. The van der Waals surface area contributed by atoms with Gasteiger partial charge in [-0.3, -0.25) is 14.4 Å². The summed E-state index contributed by atoms with van der Waals surface area (Å²) in [5, 5.41) is 11.4. The Morgan fingerprint density at radius 3 is 2.81 bits per heavy atom. The average Bonchev–Trinajstić information content (AvgIpc) is 3.28. The lowest BCUT2D eigenvalue weighted by atomic mass is 10.1. The number of carboxylic acids is 1. The third-order valence-electron chi connectivity index (χ3n) is 4.55. The van der Waals surface area contributed by atoms with Crippen LogP contribution in [-0.4, -0.2) is 53.7 Å². The van der Waals surface area contributed by atoms with Crippen LogP contribution in [0.25, 0.3) is 0 Å². The summed E-state index contributed by atoms with van der Waals surface area (Å²) in [4.78, 5) is 37.3. The number of amides is 2. The molecule has 2 aliphatic heterocycles. The van der Waals surface area contributed by atoms with E-state index in [9.17, 15) is 14.4 Å². The molecular weight excluding hydrogens is 340 g/mol. The molecule has 1 unspecified atom stereocenters. The number of carboxylic acid groups (broad SMARTS) is 1. The molecule has 1 saturated heterocycles. The van der Waals surface area contributed by atoms with Gasteiger partial charge in [-0.15, -0.1) is 0 Å². The van der Waals surface area contributed by atoms with E-state index < -0.39 is 12.0 Å². The maximum atomic E-state index is 12.8. The Morgan fingerprint density at radius 2 is 2.00 bits per heavy atom. The maximum absolute atomic E-state index is 12.8. The van der Waals surface area contributed by atoms with Crippen LogP contribution >= 0.6 is 0 Å². The summed E-state index contributed by atoms with van der Waals surface area (Å²) in [6.07, 6.45) is 2.60. The monoisotopic (exact) mass is 362 g/mol. The highest BCUT2D eigenvalue weighted by atomic mass is 16.7. The Balaban J connectivity index is 1.56. The van der Waals surface area contributed by atoms with E-state index in [1.807, 2.05) is 0 Å². The molecule has 2 amide bonds. The molecule has 1 aromatic carbocycles. The van der Waals surface area contributed by atoms with E-state index in [4.69, 9.17) is 14.6 Å². The van der Waals surface area contributed by atoms with Crippen LogP contribution in [0, 0.1) is 0 Å². The van der Waals surface area contributed by atoms with Crippen LogP contribution in [0.4, 0.5) is 0 Å². The van der Waals surface area contributed by atoms with Gasteiger partial charge in [-0.05, 0) is 43.9 Å². The van der Waals surface area contributed by atoms with E-state index in [-0.39, 0.29) is 25.0 Å². The summed E-state index contributed by atoms with van der Waals surface area (Å²) < 4.78 is 10.6. The van der Waals surface area contributed by atoms with Crippen molar-refractivity contribution in [1.82, 2.24) is 10.2 Å². The second-order valence-electron chi connectivity index (χ2n) is 6.37. The maximum Gasteiger partial charge on any atom is 0.303 e. The molecule has 1 atom stereocenters. The first-order chi connectivity index (χ1) is 12.6. The lowest BCUT2D eigenvalue weighted by Gasteiger charge is -2.24. The molecular formula is C18H22N2O6. The number of nitrogens with zero attached hydrogens (tertiary/aromatic N) is 1. The fourth-order valence-electron chi connectivity index (χ4n) is 3.21. The van der Waals surface area contributed by atoms with Crippen LogP contribution in [0.5, 0.6) is 11.5 Å². The molecule has 0 aromatic heterocycles. The van der Waals surface area contributed by atoms with Crippen molar-refractivity contribution in [2.75, 3.05) is 19.9 Å². The number of nitrogens with one attached hydrogen (secondary N) is 1. The fourth-order valence-corrected chi connectivity index (χ4v) is 3.21. The van der Waals surface area contributed by atoms with Crippen LogP contribution < -0.4 is 14.8 Å². The summed E-state index contributed by atoms with van der Waals surface area (Å²) in [5.74, 6) is -0.0838. The van der Waals surface area contributed by atoms with E-state index in [1.54, 1.807) is 23.1 Å². The number of rotatable bonds is 7. The first kappa shape index (κ1) is 18.0. The topological polar surface area (TPSA) is 105 Å². The number of aliphatic carboxylic acids is 1.